The molecule has 116 valence electrons. The molecule has 3 aromatic rings. The fourth-order valence-corrected chi connectivity index (χ4v) is 4.02. The molecule has 2 aromatic heterocycles. The van der Waals surface area contributed by atoms with Crippen LogP contribution in [0.5, 0.6) is 0 Å². The third kappa shape index (κ3) is 2.64. The van der Waals surface area contributed by atoms with Gasteiger partial charge < -0.3 is 0 Å². The second kappa shape index (κ2) is 5.79. The van der Waals surface area contributed by atoms with Gasteiger partial charge in [0.2, 0.25) is 5.91 Å². The largest absolute Gasteiger partial charge is 0.290 e. The number of carbonyl (C=O) groups is 1. The van der Waals surface area contributed by atoms with Gasteiger partial charge in [0.15, 0.2) is 0 Å². The lowest BCUT2D eigenvalue weighted by Crippen LogP contribution is -2.37. The van der Waals surface area contributed by atoms with Crippen LogP contribution in [0.15, 0.2) is 55.0 Å². The van der Waals surface area contributed by atoms with Crippen molar-refractivity contribution >= 4 is 28.6 Å². The molecule has 2 unspecified atom stereocenters. The van der Waals surface area contributed by atoms with Gasteiger partial charge in [0.1, 0.15) is 5.82 Å². The number of carbonyl (C=O) groups excluding carboxylic acids is 1. The number of hydrogen-bond donors (Lipinski definition) is 1. The number of hydrogen-bond acceptors (Lipinski definition) is 4. The highest BCUT2D eigenvalue weighted by Gasteiger charge is 2.31. The maximum atomic E-state index is 13.5. The van der Waals surface area contributed by atoms with Gasteiger partial charge in [-0.25, -0.2) is 4.39 Å². The Morgan fingerprint density at radius 2 is 2.26 bits per heavy atom. The number of benzene rings is 1. The standard InChI is InChI=1S/C17H14FN3OS/c18-13-4-3-11-5-7-21(15(11)8-13)17(22)14-10-23-16(20-14)12-2-1-6-19-9-12/h1-9,14,16,20H,10H2. The van der Waals surface area contributed by atoms with Gasteiger partial charge >= 0.3 is 0 Å². The summed E-state index contributed by atoms with van der Waals surface area (Å²) in [6.45, 7) is 0. The van der Waals surface area contributed by atoms with Crippen LogP contribution in [0, 0.1) is 5.82 Å². The molecule has 0 radical (unpaired) electrons. The van der Waals surface area contributed by atoms with Gasteiger partial charge in [-0.15, -0.1) is 11.8 Å². The summed E-state index contributed by atoms with van der Waals surface area (Å²) in [7, 11) is 0. The smallest absolute Gasteiger partial charge is 0.249 e. The SMILES string of the molecule is O=C(C1CSC(c2cccnc2)N1)n1ccc2ccc(F)cc21. The van der Waals surface area contributed by atoms with Crippen molar-refractivity contribution < 1.29 is 9.18 Å². The van der Waals surface area contributed by atoms with Gasteiger partial charge in [-0.05, 0) is 35.9 Å². The fraction of sp³-hybridized carbons (Fsp3) is 0.176. The van der Waals surface area contributed by atoms with Gasteiger partial charge in [-0.2, -0.15) is 0 Å². The van der Waals surface area contributed by atoms with E-state index in [1.807, 2.05) is 18.2 Å². The second-order valence-electron chi connectivity index (χ2n) is 5.45. The number of pyridine rings is 1. The van der Waals surface area contributed by atoms with E-state index in [-0.39, 0.29) is 23.1 Å². The first-order chi connectivity index (χ1) is 11.2. The van der Waals surface area contributed by atoms with E-state index in [2.05, 4.69) is 10.3 Å². The third-order valence-electron chi connectivity index (χ3n) is 3.96. The van der Waals surface area contributed by atoms with Crippen molar-refractivity contribution in [2.45, 2.75) is 11.4 Å². The molecule has 1 aromatic carbocycles. The summed E-state index contributed by atoms with van der Waals surface area (Å²) in [6.07, 6.45) is 5.24. The summed E-state index contributed by atoms with van der Waals surface area (Å²) < 4.78 is 15.0. The number of fused-ring (bicyclic) bond motifs is 1. The van der Waals surface area contributed by atoms with E-state index in [4.69, 9.17) is 0 Å². The van der Waals surface area contributed by atoms with Crippen LogP contribution in [0.3, 0.4) is 0 Å². The highest BCUT2D eigenvalue weighted by molar-refractivity contribution is 7.99. The lowest BCUT2D eigenvalue weighted by atomic mass is 10.2. The summed E-state index contributed by atoms with van der Waals surface area (Å²) in [4.78, 5) is 16.9. The fourth-order valence-electron chi connectivity index (χ4n) is 2.80. The molecule has 6 heteroatoms. The number of halogens is 1. The van der Waals surface area contributed by atoms with Gasteiger partial charge in [0.05, 0.1) is 16.9 Å². The molecule has 1 aliphatic heterocycles. The average molecular weight is 327 g/mol. The molecule has 0 amide bonds. The average Bonchev–Trinajstić information content (AvgIpc) is 3.22. The molecule has 23 heavy (non-hydrogen) atoms. The highest BCUT2D eigenvalue weighted by Crippen LogP contribution is 2.33. The second-order valence-corrected chi connectivity index (χ2v) is 6.58. The zero-order valence-electron chi connectivity index (χ0n) is 12.1. The quantitative estimate of drug-likeness (QED) is 0.785. The van der Waals surface area contributed by atoms with E-state index < -0.39 is 0 Å². The van der Waals surface area contributed by atoms with E-state index in [9.17, 15) is 9.18 Å². The minimum absolute atomic E-state index is 0.0520. The summed E-state index contributed by atoms with van der Waals surface area (Å²) in [6, 6.07) is 9.88. The molecular formula is C17H14FN3OS. The monoisotopic (exact) mass is 327 g/mol. The van der Waals surface area contributed by atoms with Crippen molar-refractivity contribution in [2.75, 3.05) is 5.75 Å². The van der Waals surface area contributed by atoms with E-state index >= 15 is 0 Å². The van der Waals surface area contributed by atoms with E-state index in [0.29, 0.717) is 11.3 Å². The maximum absolute atomic E-state index is 13.5. The van der Waals surface area contributed by atoms with Crippen molar-refractivity contribution in [3.63, 3.8) is 0 Å². The van der Waals surface area contributed by atoms with E-state index in [0.717, 1.165) is 10.9 Å². The molecule has 0 aliphatic carbocycles. The zero-order valence-corrected chi connectivity index (χ0v) is 13.0. The Kier molecular flexibility index (Phi) is 3.63. The first kappa shape index (κ1) is 14.4. The van der Waals surface area contributed by atoms with Crippen molar-refractivity contribution in [3.05, 3.63) is 66.4 Å². The first-order valence-corrected chi connectivity index (χ1v) is 8.36. The molecule has 1 saturated heterocycles. The summed E-state index contributed by atoms with van der Waals surface area (Å²) in [5, 5.41) is 4.24. The number of aromatic nitrogens is 2. The van der Waals surface area contributed by atoms with Crippen LogP contribution in [-0.2, 0) is 0 Å². The van der Waals surface area contributed by atoms with E-state index in [1.165, 1.54) is 16.7 Å². The molecular weight excluding hydrogens is 313 g/mol. The van der Waals surface area contributed by atoms with Crippen LogP contribution >= 0.6 is 11.8 Å². The zero-order chi connectivity index (χ0) is 15.8. The van der Waals surface area contributed by atoms with Crippen LogP contribution in [0.2, 0.25) is 0 Å². The highest BCUT2D eigenvalue weighted by atomic mass is 32.2. The van der Waals surface area contributed by atoms with Crippen molar-refractivity contribution in [1.29, 1.82) is 0 Å². The topological polar surface area (TPSA) is 46.9 Å². The molecule has 1 fully saturated rings. The number of nitrogens with one attached hydrogen (secondary N) is 1. The molecule has 2 atom stereocenters. The Bertz CT molecular complexity index is 865. The van der Waals surface area contributed by atoms with Crippen LogP contribution in [-0.4, -0.2) is 27.3 Å². The minimum Gasteiger partial charge on any atom is -0.290 e. The van der Waals surface area contributed by atoms with Gasteiger partial charge in [0.25, 0.3) is 0 Å². The molecule has 0 spiro atoms. The lowest BCUT2D eigenvalue weighted by Gasteiger charge is -2.13. The lowest BCUT2D eigenvalue weighted by molar-refractivity contribution is 0.0879. The Morgan fingerprint density at radius 3 is 3.09 bits per heavy atom. The molecule has 0 bridgehead atoms. The minimum atomic E-state index is -0.341. The van der Waals surface area contributed by atoms with Gasteiger partial charge in [-0.1, -0.05) is 6.07 Å². The predicted octanol–water partition coefficient (Wildman–Crippen LogP) is 3.22. The van der Waals surface area contributed by atoms with Crippen LogP contribution < -0.4 is 5.32 Å². The van der Waals surface area contributed by atoms with Crippen molar-refractivity contribution in [2.24, 2.45) is 0 Å². The molecule has 1 aliphatic rings. The summed E-state index contributed by atoms with van der Waals surface area (Å²) in [5.41, 5.74) is 1.66. The predicted molar refractivity (Wildman–Crippen MR) is 88.9 cm³/mol. The van der Waals surface area contributed by atoms with Crippen molar-refractivity contribution in [1.82, 2.24) is 14.9 Å². The molecule has 4 rings (SSSR count). The Morgan fingerprint density at radius 1 is 1.35 bits per heavy atom. The van der Waals surface area contributed by atoms with Crippen molar-refractivity contribution in [3.8, 4) is 0 Å². The Balaban J connectivity index is 1.59. The van der Waals surface area contributed by atoms with Gasteiger partial charge in [0, 0.05) is 29.7 Å². The molecule has 0 saturated carbocycles. The van der Waals surface area contributed by atoms with Crippen LogP contribution in [0.25, 0.3) is 10.9 Å². The molecule has 4 nitrogen and oxygen atoms in total. The number of rotatable bonds is 2. The molecule has 1 N–H and O–H groups in total. The Labute approximate surface area is 136 Å². The first-order valence-electron chi connectivity index (χ1n) is 7.31. The summed E-state index contributed by atoms with van der Waals surface area (Å²) in [5.74, 6) is 0.268. The third-order valence-corrected chi connectivity index (χ3v) is 5.23. The van der Waals surface area contributed by atoms with Crippen LogP contribution in [0.4, 0.5) is 4.39 Å². The number of thioether (sulfide) groups is 1. The van der Waals surface area contributed by atoms with E-state index in [1.54, 1.807) is 36.4 Å². The molecule has 3 heterocycles. The normalized spacial score (nSPS) is 20.9. The van der Waals surface area contributed by atoms with Crippen LogP contribution in [0.1, 0.15) is 15.7 Å². The number of nitrogens with zero attached hydrogens (tertiary/aromatic N) is 2. The maximum Gasteiger partial charge on any atom is 0.249 e. The van der Waals surface area contributed by atoms with Gasteiger partial charge in [-0.3, -0.25) is 19.7 Å². The Hall–Kier alpha value is -2.18. The summed E-state index contributed by atoms with van der Waals surface area (Å²) >= 11 is 1.68.